The molecule has 3 heteroatoms. The van der Waals surface area contributed by atoms with E-state index >= 15 is 0 Å². The largest absolute Gasteiger partial charge is 0.366 e. The maximum atomic E-state index is 11.5. The smallest absolute Gasteiger partial charge is 0.249 e. The molecule has 0 unspecified atom stereocenters. The number of para-hydroxylation sites is 1. The highest BCUT2D eigenvalue weighted by Gasteiger charge is 2.10. The van der Waals surface area contributed by atoms with Crippen molar-refractivity contribution < 1.29 is 4.79 Å². The van der Waals surface area contributed by atoms with Crippen molar-refractivity contribution in [2.45, 2.75) is 0 Å². The summed E-state index contributed by atoms with van der Waals surface area (Å²) in [5, 5.41) is 1.07. The molecule has 0 aliphatic carbocycles. The zero-order chi connectivity index (χ0) is 13.2. The van der Waals surface area contributed by atoms with E-state index in [0.717, 1.165) is 22.2 Å². The van der Waals surface area contributed by atoms with Gasteiger partial charge in [0, 0.05) is 16.5 Å². The molecule has 1 heterocycles. The lowest BCUT2D eigenvalue weighted by Crippen LogP contribution is -2.12. The van der Waals surface area contributed by atoms with Gasteiger partial charge in [0.2, 0.25) is 5.91 Å². The summed E-state index contributed by atoms with van der Waals surface area (Å²) in [6.07, 6.45) is 0. The minimum absolute atomic E-state index is 0.439. The van der Waals surface area contributed by atoms with Gasteiger partial charge in [-0.05, 0) is 18.2 Å². The number of rotatable bonds is 2. The van der Waals surface area contributed by atoms with Gasteiger partial charge >= 0.3 is 0 Å². The van der Waals surface area contributed by atoms with Gasteiger partial charge in [-0.3, -0.25) is 4.79 Å². The van der Waals surface area contributed by atoms with Crippen molar-refractivity contribution >= 4 is 16.8 Å². The molecule has 3 nitrogen and oxygen atoms in total. The topological polar surface area (TPSA) is 56.0 Å². The van der Waals surface area contributed by atoms with Gasteiger partial charge < -0.3 is 5.73 Å². The van der Waals surface area contributed by atoms with Crippen LogP contribution in [0.2, 0.25) is 0 Å². The Bertz CT molecular complexity index is 765. The first-order valence-corrected chi connectivity index (χ1v) is 6.01. The van der Waals surface area contributed by atoms with Gasteiger partial charge in [0.25, 0.3) is 0 Å². The molecule has 0 atom stereocenters. The van der Waals surface area contributed by atoms with Gasteiger partial charge in [-0.15, -0.1) is 0 Å². The second kappa shape index (κ2) is 4.53. The summed E-state index contributed by atoms with van der Waals surface area (Å²) in [4.78, 5) is 16.0. The van der Waals surface area contributed by atoms with E-state index < -0.39 is 5.91 Å². The lowest BCUT2D eigenvalue weighted by atomic mass is 10.0. The fourth-order valence-electron chi connectivity index (χ4n) is 2.14. The summed E-state index contributed by atoms with van der Waals surface area (Å²) in [6.45, 7) is 0. The highest BCUT2D eigenvalue weighted by atomic mass is 16.1. The van der Waals surface area contributed by atoms with E-state index in [4.69, 9.17) is 5.73 Å². The molecule has 0 saturated carbocycles. The van der Waals surface area contributed by atoms with Crippen LogP contribution in [0.4, 0.5) is 0 Å². The molecule has 0 aliphatic heterocycles. The van der Waals surface area contributed by atoms with Crippen LogP contribution in [0.15, 0.2) is 60.7 Å². The van der Waals surface area contributed by atoms with Gasteiger partial charge in [0.15, 0.2) is 0 Å². The van der Waals surface area contributed by atoms with Crippen LogP contribution >= 0.6 is 0 Å². The zero-order valence-corrected chi connectivity index (χ0v) is 10.2. The number of primary amides is 1. The summed E-state index contributed by atoms with van der Waals surface area (Å²) < 4.78 is 0. The lowest BCUT2D eigenvalue weighted by Gasteiger charge is -2.07. The van der Waals surface area contributed by atoms with E-state index in [1.165, 1.54) is 0 Å². The van der Waals surface area contributed by atoms with Crippen LogP contribution in [-0.2, 0) is 0 Å². The first-order chi connectivity index (χ1) is 9.25. The van der Waals surface area contributed by atoms with Crippen molar-refractivity contribution in [2.75, 3.05) is 0 Å². The van der Waals surface area contributed by atoms with Crippen LogP contribution in [0.1, 0.15) is 10.4 Å². The van der Waals surface area contributed by atoms with Crippen LogP contribution in [0, 0.1) is 0 Å². The Labute approximate surface area is 110 Å². The first kappa shape index (κ1) is 11.4. The Hall–Kier alpha value is -2.68. The normalized spacial score (nSPS) is 10.5. The second-order valence-corrected chi connectivity index (χ2v) is 4.30. The van der Waals surface area contributed by atoms with E-state index in [1.54, 1.807) is 12.1 Å². The molecule has 92 valence electrons. The number of nitrogens with zero attached hydrogens (tertiary/aromatic N) is 1. The highest BCUT2D eigenvalue weighted by molar-refractivity contribution is 5.99. The van der Waals surface area contributed by atoms with Crippen molar-refractivity contribution in [3.63, 3.8) is 0 Å². The van der Waals surface area contributed by atoms with E-state index in [2.05, 4.69) is 4.98 Å². The molecule has 1 amide bonds. The standard InChI is InChI=1S/C16H12N2O/c17-16(19)13-7-3-2-6-12(13)15-10-9-11-5-1-4-8-14(11)18-15/h1-10H,(H2,17,19). The Morgan fingerprint density at radius 3 is 2.47 bits per heavy atom. The number of carbonyl (C=O) groups excluding carboxylic acids is 1. The van der Waals surface area contributed by atoms with Crippen molar-refractivity contribution in [3.8, 4) is 11.3 Å². The maximum absolute atomic E-state index is 11.5. The molecule has 3 rings (SSSR count). The molecule has 0 bridgehead atoms. The zero-order valence-electron chi connectivity index (χ0n) is 10.2. The predicted octanol–water partition coefficient (Wildman–Crippen LogP) is 3.00. The molecule has 19 heavy (non-hydrogen) atoms. The fraction of sp³-hybridized carbons (Fsp3) is 0. The van der Waals surface area contributed by atoms with Crippen molar-refractivity contribution in [2.24, 2.45) is 5.73 Å². The van der Waals surface area contributed by atoms with E-state index in [-0.39, 0.29) is 0 Å². The molecule has 2 N–H and O–H groups in total. The first-order valence-electron chi connectivity index (χ1n) is 6.01. The van der Waals surface area contributed by atoms with Gasteiger partial charge in [-0.25, -0.2) is 4.98 Å². The summed E-state index contributed by atoms with van der Waals surface area (Å²) in [6, 6.07) is 19.0. The van der Waals surface area contributed by atoms with E-state index in [9.17, 15) is 4.79 Å². The average Bonchev–Trinajstić information content (AvgIpc) is 2.46. The Morgan fingerprint density at radius 2 is 1.63 bits per heavy atom. The Morgan fingerprint density at radius 1 is 0.895 bits per heavy atom. The van der Waals surface area contributed by atoms with Crippen molar-refractivity contribution in [3.05, 3.63) is 66.2 Å². The van der Waals surface area contributed by atoms with Crippen LogP contribution in [0.25, 0.3) is 22.2 Å². The third-order valence-electron chi connectivity index (χ3n) is 3.07. The molecule has 2 aromatic carbocycles. The third-order valence-corrected chi connectivity index (χ3v) is 3.07. The summed E-state index contributed by atoms with van der Waals surface area (Å²) in [5.74, 6) is -0.439. The van der Waals surface area contributed by atoms with Crippen LogP contribution in [0.3, 0.4) is 0 Å². The summed E-state index contributed by atoms with van der Waals surface area (Å²) in [7, 11) is 0. The monoisotopic (exact) mass is 248 g/mol. The van der Waals surface area contributed by atoms with Gasteiger partial charge in [-0.1, -0.05) is 42.5 Å². The molecule has 1 aromatic heterocycles. The SMILES string of the molecule is NC(=O)c1ccccc1-c1ccc2ccccc2n1. The number of amides is 1. The second-order valence-electron chi connectivity index (χ2n) is 4.30. The molecule has 3 aromatic rings. The molecule has 0 fully saturated rings. The molecular formula is C16H12N2O. The number of pyridine rings is 1. The molecule has 0 aliphatic rings. The predicted molar refractivity (Wildman–Crippen MR) is 75.7 cm³/mol. The molecule has 0 spiro atoms. The molecule has 0 radical (unpaired) electrons. The summed E-state index contributed by atoms with van der Waals surface area (Å²) in [5.41, 5.74) is 8.31. The maximum Gasteiger partial charge on any atom is 0.249 e. The Kier molecular flexibility index (Phi) is 2.72. The number of benzene rings is 2. The van der Waals surface area contributed by atoms with Crippen LogP contribution in [-0.4, -0.2) is 10.9 Å². The number of aromatic nitrogens is 1. The van der Waals surface area contributed by atoms with Crippen molar-refractivity contribution in [1.82, 2.24) is 4.98 Å². The number of carbonyl (C=O) groups is 1. The number of fused-ring (bicyclic) bond motifs is 1. The van der Waals surface area contributed by atoms with E-state index in [0.29, 0.717) is 5.56 Å². The van der Waals surface area contributed by atoms with Gasteiger partial charge in [0.1, 0.15) is 0 Å². The van der Waals surface area contributed by atoms with Crippen molar-refractivity contribution in [1.29, 1.82) is 0 Å². The third kappa shape index (κ3) is 2.06. The van der Waals surface area contributed by atoms with E-state index in [1.807, 2.05) is 48.5 Å². The van der Waals surface area contributed by atoms with Crippen LogP contribution < -0.4 is 5.73 Å². The quantitative estimate of drug-likeness (QED) is 0.758. The lowest BCUT2D eigenvalue weighted by molar-refractivity contribution is 0.100. The van der Waals surface area contributed by atoms with Gasteiger partial charge in [0.05, 0.1) is 11.2 Å². The number of hydrogen-bond donors (Lipinski definition) is 1. The minimum Gasteiger partial charge on any atom is -0.366 e. The Balaban J connectivity index is 2.22. The number of hydrogen-bond acceptors (Lipinski definition) is 2. The van der Waals surface area contributed by atoms with Gasteiger partial charge in [-0.2, -0.15) is 0 Å². The summed E-state index contributed by atoms with van der Waals surface area (Å²) >= 11 is 0. The average molecular weight is 248 g/mol. The molecular weight excluding hydrogens is 236 g/mol. The number of nitrogens with two attached hydrogens (primary N) is 1. The highest BCUT2D eigenvalue weighted by Crippen LogP contribution is 2.24. The molecule has 0 saturated heterocycles. The van der Waals surface area contributed by atoms with Crippen LogP contribution in [0.5, 0.6) is 0 Å². The minimum atomic E-state index is -0.439. The fourth-order valence-corrected chi connectivity index (χ4v) is 2.14.